The second-order valence-electron chi connectivity index (χ2n) is 6.19. The minimum Gasteiger partial charge on any atom is -0.467 e. The van der Waals surface area contributed by atoms with Crippen LogP contribution < -0.4 is 5.32 Å². The maximum Gasteiger partial charge on any atom is 0.248 e. The normalized spacial score (nSPS) is 16.7. The minimum absolute atomic E-state index is 0.122. The fraction of sp³-hybridized carbons (Fsp3) is 0.500. The van der Waals surface area contributed by atoms with Crippen LogP contribution in [0.4, 0.5) is 0 Å². The number of piperazine rings is 1. The highest BCUT2D eigenvalue weighted by molar-refractivity contribution is 7.89. The van der Waals surface area contributed by atoms with Gasteiger partial charge in [0.25, 0.3) is 0 Å². The number of hydrogen-bond donors (Lipinski definition) is 1. The average Bonchev–Trinajstić information content (AvgIpc) is 3.23. The Kier molecular flexibility index (Phi) is 5.44. The van der Waals surface area contributed by atoms with Gasteiger partial charge in [0.1, 0.15) is 16.3 Å². The van der Waals surface area contributed by atoms with Crippen LogP contribution in [0.2, 0.25) is 0 Å². The van der Waals surface area contributed by atoms with Crippen LogP contribution in [0.5, 0.6) is 0 Å². The molecule has 2 aromatic heterocycles. The second kappa shape index (κ2) is 7.60. The molecule has 0 unspecified atom stereocenters. The van der Waals surface area contributed by atoms with Crippen molar-refractivity contribution in [1.82, 2.24) is 19.7 Å². The van der Waals surface area contributed by atoms with E-state index in [-0.39, 0.29) is 17.3 Å². The smallest absolute Gasteiger partial charge is 0.248 e. The Hall–Kier alpha value is -2.17. The second-order valence-corrected chi connectivity index (χ2v) is 8.06. The summed E-state index contributed by atoms with van der Waals surface area (Å²) in [6.07, 6.45) is 1.56. The Bertz CT molecular complexity index is 832. The number of amides is 1. The Morgan fingerprint density at radius 1 is 1.27 bits per heavy atom. The van der Waals surface area contributed by atoms with Gasteiger partial charge < -0.3 is 14.3 Å². The van der Waals surface area contributed by atoms with Crippen molar-refractivity contribution in [2.75, 3.05) is 32.7 Å². The Morgan fingerprint density at radius 2 is 2.00 bits per heavy atom. The number of hydrogen-bond acceptors (Lipinski definition) is 7. The van der Waals surface area contributed by atoms with E-state index in [1.165, 1.54) is 4.31 Å². The van der Waals surface area contributed by atoms with E-state index in [9.17, 15) is 13.2 Å². The number of aromatic nitrogens is 1. The maximum absolute atomic E-state index is 12.8. The average molecular weight is 382 g/mol. The van der Waals surface area contributed by atoms with Crippen molar-refractivity contribution in [3.8, 4) is 0 Å². The SMILES string of the molecule is Cc1noc(C)c1S(=O)(=O)N1CCN(CC(=O)NCc2ccco2)CC1. The fourth-order valence-electron chi connectivity index (χ4n) is 2.96. The summed E-state index contributed by atoms with van der Waals surface area (Å²) in [5, 5.41) is 6.51. The molecule has 0 bridgehead atoms. The number of nitrogens with zero attached hydrogens (tertiary/aromatic N) is 3. The van der Waals surface area contributed by atoms with Crippen molar-refractivity contribution in [3.63, 3.8) is 0 Å². The maximum atomic E-state index is 12.8. The molecule has 26 heavy (non-hydrogen) atoms. The van der Waals surface area contributed by atoms with Crippen LogP contribution in [0.15, 0.2) is 32.2 Å². The molecular weight excluding hydrogens is 360 g/mol. The summed E-state index contributed by atoms with van der Waals surface area (Å²) < 4.78 is 37.1. The topological polar surface area (TPSA) is 109 Å². The molecule has 3 rings (SSSR count). The molecule has 0 aliphatic carbocycles. The molecule has 1 N–H and O–H groups in total. The molecule has 0 atom stereocenters. The molecule has 0 saturated carbocycles. The van der Waals surface area contributed by atoms with Crippen molar-refractivity contribution < 1.29 is 22.2 Å². The van der Waals surface area contributed by atoms with Crippen molar-refractivity contribution >= 4 is 15.9 Å². The summed E-state index contributed by atoms with van der Waals surface area (Å²) in [4.78, 5) is 14.1. The lowest BCUT2D eigenvalue weighted by Crippen LogP contribution is -2.51. The molecule has 9 nitrogen and oxygen atoms in total. The highest BCUT2D eigenvalue weighted by atomic mass is 32.2. The summed E-state index contributed by atoms with van der Waals surface area (Å²) in [6, 6.07) is 3.55. The minimum atomic E-state index is -3.63. The molecule has 10 heteroatoms. The lowest BCUT2D eigenvalue weighted by atomic mass is 10.3. The van der Waals surface area contributed by atoms with E-state index in [0.717, 1.165) is 0 Å². The van der Waals surface area contributed by atoms with E-state index in [4.69, 9.17) is 8.94 Å². The third-order valence-electron chi connectivity index (χ3n) is 4.30. The highest BCUT2D eigenvalue weighted by Crippen LogP contribution is 2.24. The van der Waals surface area contributed by atoms with Gasteiger partial charge in [0, 0.05) is 26.2 Å². The number of nitrogens with one attached hydrogen (secondary N) is 1. The van der Waals surface area contributed by atoms with Crippen LogP contribution in [0, 0.1) is 13.8 Å². The van der Waals surface area contributed by atoms with Gasteiger partial charge in [0.2, 0.25) is 15.9 Å². The number of rotatable bonds is 6. The first-order valence-corrected chi connectivity index (χ1v) is 9.76. The molecule has 2 aromatic rings. The van der Waals surface area contributed by atoms with Crippen molar-refractivity contribution in [2.45, 2.75) is 25.3 Å². The van der Waals surface area contributed by atoms with Gasteiger partial charge in [-0.25, -0.2) is 8.42 Å². The van der Waals surface area contributed by atoms with E-state index in [2.05, 4.69) is 10.5 Å². The predicted molar refractivity (Wildman–Crippen MR) is 91.7 cm³/mol. The van der Waals surface area contributed by atoms with Gasteiger partial charge in [0.05, 0.1) is 19.4 Å². The standard InChI is InChI=1S/C16H22N4O5S/c1-12-16(13(2)25-18-12)26(22,23)20-7-5-19(6-8-20)11-15(21)17-10-14-4-3-9-24-14/h3-4,9H,5-8,10-11H2,1-2H3,(H,17,21). The van der Waals surface area contributed by atoms with E-state index in [0.29, 0.717) is 49.9 Å². The van der Waals surface area contributed by atoms with Crippen molar-refractivity contribution in [2.24, 2.45) is 0 Å². The monoisotopic (exact) mass is 382 g/mol. The van der Waals surface area contributed by atoms with Gasteiger partial charge in [-0.1, -0.05) is 5.16 Å². The van der Waals surface area contributed by atoms with Crippen LogP contribution in [0.3, 0.4) is 0 Å². The van der Waals surface area contributed by atoms with E-state index in [1.54, 1.807) is 32.2 Å². The van der Waals surface area contributed by atoms with E-state index in [1.807, 2.05) is 4.90 Å². The van der Waals surface area contributed by atoms with Gasteiger partial charge in [-0.3, -0.25) is 9.69 Å². The van der Waals surface area contributed by atoms with Gasteiger partial charge in [-0.05, 0) is 26.0 Å². The first-order chi connectivity index (χ1) is 12.4. The van der Waals surface area contributed by atoms with Crippen LogP contribution >= 0.6 is 0 Å². The quantitative estimate of drug-likeness (QED) is 0.775. The number of sulfonamides is 1. The van der Waals surface area contributed by atoms with E-state index < -0.39 is 10.0 Å². The number of carbonyl (C=O) groups excluding carboxylic acids is 1. The zero-order chi connectivity index (χ0) is 18.7. The molecule has 3 heterocycles. The molecule has 1 fully saturated rings. The fourth-order valence-corrected chi connectivity index (χ4v) is 4.67. The molecule has 0 spiro atoms. The van der Waals surface area contributed by atoms with Crippen LogP contribution in [0.1, 0.15) is 17.2 Å². The predicted octanol–water partition coefficient (Wildman–Crippen LogP) is 0.507. The molecular formula is C16H22N4O5S. The van der Waals surface area contributed by atoms with Crippen LogP contribution in [-0.2, 0) is 21.4 Å². The number of furan rings is 1. The Balaban J connectivity index is 1.52. The Morgan fingerprint density at radius 3 is 2.58 bits per heavy atom. The van der Waals surface area contributed by atoms with E-state index >= 15 is 0 Å². The summed E-state index contributed by atoms with van der Waals surface area (Å²) in [6.45, 7) is 5.37. The molecule has 1 amide bonds. The van der Waals surface area contributed by atoms with Crippen LogP contribution in [0.25, 0.3) is 0 Å². The van der Waals surface area contributed by atoms with Gasteiger partial charge in [-0.15, -0.1) is 0 Å². The third-order valence-corrected chi connectivity index (χ3v) is 6.45. The highest BCUT2D eigenvalue weighted by Gasteiger charge is 2.33. The third kappa shape index (κ3) is 3.97. The molecule has 1 saturated heterocycles. The molecule has 1 aliphatic rings. The lowest BCUT2D eigenvalue weighted by Gasteiger charge is -2.33. The van der Waals surface area contributed by atoms with Crippen molar-refractivity contribution in [3.05, 3.63) is 35.6 Å². The zero-order valence-corrected chi connectivity index (χ0v) is 15.6. The van der Waals surface area contributed by atoms with Crippen LogP contribution in [-0.4, -0.2) is 61.4 Å². The lowest BCUT2D eigenvalue weighted by molar-refractivity contribution is -0.122. The zero-order valence-electron chi connectivity index (χ0n) is 14.8. The Labute approximate surface area is 152 Å². The molecule has 1 aliphatic heterocycles. The molecule has 0 aromatic carbocycles. The summed E-state index contributed by atoms with van der Waals surface area (Å²) in [7, 11) is -3.63. The van der Waals surface area contributed by atoms with Gasteiger partial charge >= 0.3 is 0 Å². The molecule has 0 radical (unpaired) electrons. The van der Waals surface area contributed by atoms with Gasteiger partial charge in [0.15, 0.2) is 5.76 Å². The first kappa shape index (κ1) is 18.6. The summed E-state index contributed by atoms with van der Waals surface area (Å²) in [5.41, 5.74) is 0.363. The number of carbonyl (C=O) groups is 1. The number of aryl methyl sites for hydroxylation is 2. The summed E-state index contributed by atoms with van der Waals surface area (Å²) in [5.74, 6) is 0.861. The van der Waals surface area contributed by atoms with Crippen molar-refractivity contribution in [1.29, 1.82) is 0 Å². The largest absolute Gasteiger partial charge is 0.467 e. The van der Waals surface area contributed by atoms with Gasteiger partial charge in [-0.2, -0.15) is 4.31 Å². The first-order valence-electron chi connectivity index (χ1n) is 8.32. The molecule has 142 valence electrons. The summed E-state index contributed by atoms with van der Waals surface area (Å²) >= 11 is 0.